The Morgan fingerprint density at radius 2 is 1.94 bits per heavy atom. The van der Waals surface area contributed by atoms with Crippen LogP contribution in [-0.4, -0.2) is 30.6 Å². The number of hydrogen-bond acceptors (Lipinski definition) is 2. The molecular formula is C15H25NO. The van der Waals surface area contributed by atoms with Gasteiger partial charge in [-0.05, 0) is 44.0 Å². The minimum Gasteiger partial charge on any atom is -0.388 e. The molecular weight excluding hydrogens is 210 g/mol. The summed E-state index contributed by atoms with van der Waals surface area (Å²) in [6.07, 6.45) is 1.52. The number of rotatable bonds is 6. The van der Waals surface area contributed by atoms with E-state index < -0.39 is 0 Å². The molecule has 0 saturated heterocycles. The number of nitrogens with zero attached hydrogens (tertiary/aromatic N) is 1. The molecule has 1 rings (SSSR count). The topological polar surface area (TPSA) is 23.5 Å². The Kier molecular flexibility index (Phi) is 5.66. The van der Waals surface area contributed by atoms with Crippen molar-refractivity contribution in [3.63, 3.8) is 0 Å². The largest absolute Gasteiger partial charge is 0.388 e. The monoisotopic (exact) mass is 235 g/mol. The Morgan fingerprint density at radius 3 is 2.53 bits per heavy atom. The molecule has 0 saturated carbocycles. The molecule has 0 fully saturated rings. The van der Waals surface area contributed by atoms with Crippen molar-refractivity contribution in [2.75, 3.05) is 20.6 Å². The maximum absolute atomic E-state index is 10.1. The van der Waals surface area contributed by atoms with E-state index in [-0.39, 0.29) is 6.10 Å². The fourth-order valence-electron chi connectivity index (χ4n) is 1.95. The quantitative estimate of drug-likeness (QED) is 0.819. The Bertz CT molecular complexity index is 333. The molecule has 96 valence electrons. The lowest BCUT2D eigenvalue weighted by Crippen LogP contribution is -2.15. The van der Waals surface area contributed by atoms with Crippen LogP contribution in [0, 0.1) is 5.92 Å². The number of aliphatic hydroxyl groups is 1. The van der Waals surface area contributed by atoms with Gasteiger partial charge in [-0.2, -0.15) is 0 Å². The molecule has 0 radical (unpaired) electrons. The second-order valence-corrected chi connectivity index (χ2v) is 5.45. The standard InChI is InChI=1S/C15H25NO/c1-12(2)10-13-6-5-7-14(11-13)15(17)8-9-16(3)4/h5-7,11-12,15,17H,8-10H2,1-4H3. The first-order valence-electron chi connectivity index (χ1n) is 6.40. The molecule has 2 nitrogen and oxygen atoms in total. The Balaban J connectivity index is 2.63. The van der Waals surface area contributed by atoms with Crippen molar-refractivity contribution >= 4 is 0 Å². The van der Waals surface area contributed by atoms with Gasteiger partial charge in [0.05, 0.1) is 6.10 Å². The molecule has 1 aromatic rings. The third-order valence-corrected chi connectivity index (χ3v) is 2.83. The lowest BCUT2D eigenvalue weighted by atomic mass is 9.98. The molecule has 0 spiro atoms. The van der Waals surface area contributed by atoms with E-state index in [1.807, 2.05) is 26.2 Å². The predicted octanol–water partition coefficient (Wildman–Crippen LogP) is 2.87. The van der Waals surface area contributed by atoms with Crippen molar-refractivity contribution in [1.29, 1.82) is 0 Å². The molecule has 0 aliphatic rings. The summed E-state index contributed by atoms with van der Waals surface area (Å²) in [6, 6.07) is 8.35. The minimum atomic E-state index is -0.343. The minimum absolute atomic E-state index is 0.343. The Morgan fingerprint density at radius 1 is 1.24 bits per heavy atom. The lowest BCUT2D eigenvalue weighted by molar-refractivity contribution is 0.154. The highest BCUT2D eigenvalue weighted by molar-refractivity contribution is 5.25. The molecule has 0 aliphatic carbocycles. The van der Waals surface area contributed by atoms with Crippen molar-refractivity contribution in [3.8, 4) is 0 Å². The first-order valence-corrected chi connectivity index (χ1v) is 6.40. The van der Waals surface area contributed by atoms with E-state index in [1.165, 1.54) is 5.56 Å². The van der Waals surface area contributed by atoms with E-state index in [2.05, 4.69) is 30.9 Å². The lowest BCUT2D eigenvalue weighted by Gasteiger charge is -2.15. The normalized spacial score (nSPS) is 13.4. The van der Waals surface area contributed by atoms with Gasteiger partial charge in [-0.25, -0.2) is 0 Å². The highest BCUT2D eigenvalue weighted by Gasteiger charge is 2.08. The summed E-state index contributed by atoms with van der Waals surface area (Å²) in [5.74, 6) is 0.657. The van der Waals surface area contributed by atoms with Crippen LogP contribution in [0.4, 0.5) is 0 Å². The Hall–Kier alpha value is -0.860. The van der Waals surface area contributed by atoms with Gasteiger partial charge in [0.25, 0.3) is 0 Å². The van der Waals surface area contributed by atoms with Crippen molar-refractivity contribution in [2.24, 2.45) is 5.92 Å². The molecule has 0 bridgehead atoms. The van der Waals surface area contributed by atoms with Gasteiger partial charge in [-0.1, -0.05) is 38.1 Å². The fourth-order valence-corrected chi connectivity index (χ4v) is 1.95. The maximum atomic E-state index is 10.1. The SMILES string of the molecule is CC(C)Cc1cccc(C(O)CCN(C)C)c1. The van der Waals surface area contributed by atoms with Crippen molar-refractivity contribution < 1.29 is 5.11 Å². The van der Waals surface area contributed by atoms with Gasteiger partial charge in [-0.3, -0.25) is 0 Å². The second-order valence-electron chi connectivity index (χ2n) is 5.45. The average molecular weight is 235 g/mol. The smallest absolute Gasteiger partial charge is 0.0802 e. The second kappa shape index (κ2) is 6.77. The van der Waals surface area contributed by atoms with Crippen LogP contribution in [0.1, 0.15) is 37.5 Å². The molecule has 17 heavy (non-hydrogen) atoms. The van der Waals surface area contributed by atoms with Crippen molar-refractivity contribution in [2.45, 2.75) is 32.8 Å². The van der Waals surface area contributed by atoms with Crippen LogP contribution in [0.2, 0.25) is 0 Å². The van der Waals surface area contributed by atoms with E-state index in [4.69, 9.17) is 0 Å². The molecule has 1 atom stereocenters. The van der Waals surface area contributed by atoms with Crippen LogP contribution < -0.4 is 0 Å². The molecule has 1 N–H and O–H groups in total. The van der Waals surface area contributed by atoms with Gasteiger partial charge >= 0.3 is 0 Å². The summed E-state index contributed by atoms with van der Waals surface area (Å²) in [5.41, 5.74) is 2.37. The highest BCUT2D eigenvalue weighted by atomic mass is 16.3. The maximum Gasteiger partial charge on any atom is 0.0802 e. The zero-order chi connectivity index (χ0) is 12.8. The first kappa shape index (κ1) is 14.2. The first-order chi connectivity index (χ1) is 7.99. The third-order valence-electron chi connectivity index (χ3n) is 2.83. The molecule has 0 amide bonds. The third kappa shape index (κ3) is 5.33. The fraction of sp³-hybridized carbons (Fsp3) is 0.600. The van der Waals surface area contributed by atoms with Gasteiger partial charge in [0.1, 0.15) is 0 Å². The van der Waals surface area contributed by atoms with Gasteiger partial charge < -0.3 is 10.0 Å². The van der Waals surface area contributed by atoms with Gasteiger partial charge in [0.15, 0.2) is 0 Å². The van der Waals surface area contributed by atoms with E-state index in [1.54, 1.807) is 0 Å². The Labute approximate surface area is 105 Å². The van der Waals surface area contributed by atoms with Gasteiger partial charge in [-0.15, -0.1) is 0 Å². The van der Waals surface area contributed by atoms with Crippen LogP contribution in [0.3, 0.4) is 0 Å². The summed E-state index contributed by atoms with van der Waals surface area (Å²) in [4.78, 5) is 2.10. The van der Waals surface area contributed by atoms with Crippen LogP contribution in [0.25, 0.3) is 0 Å². The van der Waals surface area contributed by atoms with E-state index >= 15 is 0 Å². The summed E-state index contributed by atoms with van der Waals surface area (Å²) < 4.78 is 0. The van der Waals surface area contributed by atoms with Crippen molar-refractivity contribution in [1.82, 2.24) is 4.90 Å². The van der Waals surface area contributed by atoms with Crippen LogP contribution >= 0.6 is 0 Å². The average Bonchev–Trinajstić information content (AvgIpc) is 2.25. The molecule has 1 unspecified atom stereocenters. The van der Waals surface area contributed by atoms with Crippen LogP contribution in [0.15, 0.2) is 24.3 Å². The van der Waals surface area contributed by atoms with Crippen molar-refractivity contribution in [3.05, 3.63) is 35.4 Å². The molecule has 0 aromatic heterocycles. The number of benzene rings is 1. The summed E-state index contributed by atoms with van der Waals surface area (Å²) in [6.45, 7) is 5.35. The van der Waals surface area contributed by atoms with Gasteiger partial charge in [0, 0.05) is 6.54 Å². The summed E-state index contributed by atoms with van der Waals surface area (Å²) in [7, 11) is 4.06. The zero-order valence-corrected chi connectivity index (χ0v) is 11.5. The van der Waals surface area contributed by atoms with Crippen LogP contribution in [-0.2, 0) is 6.42 Å². The van der Waals surface area contributed by atoms with Gasteiger partial charge in [0.2, 0.25) is 0 Å². The molecule has 1 aromatic carbocycles. The molecule has 2 heteroatoms. The number of aliphatic hydroxyl groups excluding tert-OH is 1. The highest BCUT2D eigenvalue weighted by Crippen LogP contribution is 2.19. The molecule has 0 aliphatic heterocycles. The zero-order valence-electron chi connectivity index (χ0n) is 11.5. The molecule has 0 heterocycles. The number of hydrogen-bond donors (Lipinski definition) is 1. The van der Waals surface area contributed by atoms with E-state index in [9.17, 15) is 5.11 Å². The van der Waals surface area contributed by atoms with E-state index in [0.29, 0.717) is 5.92 Å². The predicted molar refractivity (Wildman–Crippen MR) is 73.1 cm³/mol. The van der Waals surface area contributed by atoms with Crippen LogP contribution in [0.5, 0.6) is 0 Å². The summed E-state index contributed by atoms with van der Waals surface area (Å²) in [5, 5.41) is 10.1. The van der Waals surface area contributed by atoms with E-state index in [0.717, 1.165) is 24.9 Å². The summed E-state index contributed by atoms with van der Waals surface area (Å²) >= 11 is 0.